The topological polar surface area (TPSA) is 78.3 Å². The monoisotopic (exact) mass is 362 g/mol. The van der Waals surface area contributed by atoms with Crippen molar-refractivity contribution < 1.29 is 5.11 Å². The molecule has 1 aliphatic rings. The Morgan fingerprint density at radius 2 is 1.81 bits per heavy atom. The number of anilines is 1. The number of aliphatic hydroxyl groups is 1. The van der Waals surface area contributed by atoms with E-state index in [2.05, 4.69) is 19.8 Å². The van der Waals surface area contributed by atoms with E-state index in [1.807, 2.05) is 36.4 Å². The maximum absolute atomic E-state index is 9.14. The Morgan fingerprint density at radius 3 is 2.52 bits per heavy atom. The van der Waals surface area contributed by atoms with Crippen molar-refractivity contribution in [2.75, 3.05) is 44.2 Å². The van der Waals surface area contributed by atoms with Gasteiger partial charge in [-0.2, -0.15) is 0 Å². The van der Waals surface area contributed by atoms with Gasteiger partial charge >= 0.3 is 0 Å². The fraction of sp³-hybridized carbons (Fsp3) is 0.300. The van der Waals surface area contributed by atoms with Gasteiger partial charge in [-0.15, -0.1) is 0 Å². The van der Waals surface area contributed by atoms with Gasteiger partial charge in [0.15, 0.2) is 5.82 Å². The van der Waals surface area contributed by atoms with Crippen LogP contribution >= 0.6 is 0 Å². The molecule has 4 heterocycles. The Kier molecular flexibility index (Phi) is 5.32. The molecule has 0 aliphatic carbocycles. The molecule has 3 aromatic heterocycles. The molecule has 1 aliphatic heterocycles. The van der Waals surface area contributed by atoms with Crippen LogP contribution in [0.4, 0.5) is 5.82 Å². The Balaban J connectivity index is 1.69. The second-order valence-electron chi connectivity index (χ2n) is 6.44. The molecule has 0 amide bonds. The molecule has 1 saturated heterocycles. The van der Waals surface area contributed by atoms with Crippen LogP contribution in [-0.2, 0) is 0 Å². The van der Waals surface area contributed by atoms with E-state index >= 15 is 0 Å². The predicted octanol–water partition coefficient (Wildman–Crippen LogP) is 1.71. The molecular formula is C20H22N6O. The van der Waals surface area contributed by atoms with Gasteiger partial charge in [-0.3, -0.25) is 14.9 Å². The number of hydrogen-bond acceptors (Lipinski definition) is 7. The second kappa shape index (κ2) is 8.20. The van der Waals surface area contributed by atoms with Crippen LogP contribution in [0.2, 0.25) is 0 Å². The van der Waals surface area contributed by atoms with Crippen LogP contribution in [-0.4, -0.2) is 69.3 Å². The van der Waals surface area contributed by atoms with Crippen molar-refractivity contribution in [3.05, 3.63) is 55.0 Å². The molecular weight excluding hydrogens is 340 g/mol. The van der Waals surface area contributed by atoms with E-state index < -0.39 is 0 Å². The SMILES string of the molecule is OCCN1CCN(c2cc(-c3ccccn3)nc(-c3cccnc3)n2)CC1. The molecule has 7 heteroatoms. The Hall–Kier alpha value is -2.90. The summed E-state index contributed by atoms with van der Waals surface area (Å²) < 4.78 is 0. The van der Waals surface area contributed by atoms with E-state index in [0.29, 0.717) is 5.82 Å². The zero-order chi connectivity index (χ0) is 18.5. The highest BCUT2D eigenvalue weighted by Gasteiger charge is 2.20. The van der Waals surface area contributed by atoms with Crippen molar-refractivity contribution in [1.82, 2.24) is 24.8 Å². The molecule has 1 N–H and O–H groups in total. The minimum Gasteiger partial charge on any atom is -0.395 e. The summed E-state index contributed by atoms with van der Waals surface area (Å²) in [4.78, 5) is 22.7. The number of piperazine rings is 1. The lowest BCUT2D eigenvalue weighted by molar-refractivity contribution is 0.188. The van der Waals surface area contributed by atoms with Crippen molar-refractivity contribution in [3.63, 3.8) is 0 Å². The molecule has 4 rings (SSSR count). The number of aromatic nitrogens is 4. The van der Waals surface area contributed by atoms with Crippen LogP contribution in [0.1, 0.15) is 0 Å². The van der Waals surface area contributed by atoms with E-state index in [9.17, 15) is 0 Å². The van der Waals surface area contributed by atoms with Crippen molar-refractivity contribution in [1.29, 1.82) is 0 Å². The number of aliphatic hydroxyl groups excluding tert-OH is 1. The van der Waals surface area contributed by atoms with Gasteiger partial charge < -0.3 is 10.0 Å². The first kappa shape index (κ1) is 17.5. The molecule has 0 radical (unpaired) electrons. The van der Waals surface area contributed by atoms with Crippen LogP contribution in [0.15, 0.2) is 55.0 Å². The van der Waals surface area contributed by atoms with Crippen molar-refractivity contribution in [3.8, 4) is 22.8 Å². The van der Waals surface area contributed by atoms with Crippen LogP contribution in [0.25, 0.3) is 22.8 Å². The number of hydrogen-bond donors (Lipinski definition) is 1. The van der Waals surface area contributed by atoms with Crippen LogP contribution in [0, 0.1) is 0 Å². The molecule has 0 spiro atoms. The van der Waals surface area contributed by atoms with Crippen LogP contribution < -0.4 is 4.90 Å². The first-order chi connectivity index (χ1) is 13.3. The minimum atomic E-state index is 0.197. The molecule has 7 nitrogen and oxygen atoms in total. The highest BCUT2D eigenvalue weighted by Crippen LogP contribution is 2.25. The van der Waals surface area contributed by atoms with Crippen molar-refractivity contribution in [2.45, 2.75) is 0 Å². The first-order valence-corrected chi connectivity index (χ1v) is 9.12. The summed E-state index contributed by atoms with van der Waals surface area (Å²) in [5, 5.41) is 9.14. The average Bonchev–Trinajstić information content (AvgIpc) is 2.75. The molecule has 27 heavy (non-hydrogen) atoms. The number of pyridine rings is 2. The maximum Gasteiger partial charge on any atom is 0.163 e. The van der Waals surface area contributed by atoms with Crippen LogP contribution in [0.3, 0.4) is 0 Å². The lowest BCUT2D eigenvalue weighted by Gasteiger charge is -2.35. The number of nitrogens with zero attached hydrogens (tertiary/aromatic N) is 6. The maximum atomic E-state index is 9.14. The molecule has 0 bridgehead atoms. The van der Waals surface area contributed by atoms with E-state index in [1.54, 1.807) is 18.6 Å². The Labute approximate surface area is 158 Å². The molecule has 0 atom stereocenters. The average molecular weight is 362 g/mol. The first-order valence-electron chi connectivity index (χ1n) is 9.12. The second-order valence-corrected chi connectivity index (χ2v) is 6.44. The highest BCUT2D eigenvalue weighted by molar-refractivity contribution is 5.65. The van der Waals surface area contributed by atoms with Gasteiger partial charge in [-0.25, -0.2) is 9.97 Å². The molecule has 0 unspecified atom stereocenters. The summed E-state index contributed by atoms with van der Waals surface area (Å²) >= 11 is 0. The van der Waals surface area contributed by atoms with Crippen molar-refractivity contribution in [2.24, 2.45) is 0 Å². The number of β-amino-alcohol motifs (C(OH)–C–C–N with tert-alkyl or cyclic N) is 1. The quantitative estimate of drug-likeness (QED) is 0.740. The van der Waals surface area contributed by atoms with Gasteiger partial charge in [-0.05, 0) is 24.3 Å². The third-order valence-corrected chi connectivity index (χ3v) is 4.67. The van der Waals surface area contributed by atoms with E-state index in [0.717, 1.165) is 55.5 Å². The summed E-state index contributed by atoms with van der Waals surface area (Å²) in [7, 11) is 0. The molecule has 0 saturated carbocycles. The van der Waals surface area contributed by atoms with Crippen LogP contribution in [0.5, 0.6) is 0 Å². The zero-order valence-corrected chi connectivity index (χ0v) is 15.1. The Bertz CT molecular complexity index is 808. The summed E-state index contributed by atoms with van der Waals surface area (Å²) in [6.07, 6.45) is 5.29. The molecule has 1 fully saturated rings. The van der Waals surface area contributed by atoms with Gasteiger partial charge in [0.1, 0.15) is 5.82 Å². The van der Waals surface area contributed by atoms with Gasteiger partial charge in [-0.1, -0.05) is 6.07 Å². The number of rotatable bonds is 5. The van der Waals surface area contributed by atoms with Gasteiger partial charge in [0.05, 0.1) is 18.0 Å². The molecule has 138 valence electrons. The Morgan fingerprint density at radius 1 is 0.926 bits per heavy atom. The van der Waals surface area contributed by atoms with Crippen molar-refractivity contribution >= 4 is 5.82 Å². The third kappa shape index (κ3) is 4.10. The third-order valence-electron chi connectivity index (χ3n) is 4.67. The summed E-state index contributed by atoms with van der Waals surface area (Å²) in [5.41, 5.74) is 2.51. The van der Waals surface area contributed by atoms with E-state index in [4.69, 9.17) is 15.1 Å². The van der Waals surface area contributed by atoms with E-state index in [-0.39, 0.29) is 6.61 Å². The van der Waals surface area contributed by atoms with Gasteiger partial charge in [0.2, 0.25) is 0 Å². The fourth-order valence-corrected chi connectivity index (χ4v) is 3.21. The summed E-state index contributed by atoms with van der Waals surface area (Å²) in [6.45, 7) is 4.47. The molecule has 3 aromatic rings. The van der Waals surface area contributed by atoms with Gasteiger partial charge in [0, 0.05) is 62.9 Å². The zero-order valence-electron chi connectivity index (χ0n) is 15.1. The fourth-order valence-electron chi connectivity index (χ4n) is 3.21. The standard InChI is InChI=1S/C20H22N6O/c27-13-12-25-8-10-26(11-9-25)19-14-18(17-5-1-2-7-22-17)23-20(24-19)16-4-3-6-21-15-16/h1-7,14-15,27H,8-13H2. The predicted molar refractivity (Wildman–Crippen MR) is 104 cm³/mol. The minimum absolute atomic E-state index is 0.197. The van der Waals surface area contributed by atoms with E-state index in [1.165, 1.54) is 0 Å². The smallest absolute Gasteiger partial charge is 0.163 e. The molecule has 0 aromatic carbocycles. The normalized spacial score (nSPS) is 15.1. The highest BCUT2D eigenvalue weighted by atomic mass is 16.3. The lowest BCUT2D eigenvalue weighted by Crippen LogP contribution is -2.47. The van der Waals surface area contributed by atoms with Gasteiger partial charge in [0.25, 0.3) is 0 Å². The summed E-state index contributed by atoms with van der Waals surface area (Å²) in [6, 6.07) is 11.7. The largest absolute Gasteiger partial charge is 0.395 e. The summed E-state index contributed by atoms with van der Waals surface area (Å²) in [5.74, 6) is 1.55. The lowest BCUT2D eigenvalue weighted by atomic mass is 10.2.